The molecule has 2 aliphatic heterocycles. The van der Waals surface area contributed by atoms with Crippen molar-refractivity contribution in [2.45, 2.75) is 19.4 Å². The zero-order valence-electron chi connectivity index (χ0n) is 17.9. The Balaban J connectivity index is 1.28. The van der Waals surface area contributed by atoms with Gasteiger partial charge < -0.3 is 14.5 Å². The first-order valence-electron chi connectivity index (χ1n) is 10.9. The largest absolute Gasteiger partial charge is 0.495 e. The SMILES string of the molecule is COc1ccccc1N1CCN(C(=O)C2CCN(Cc3c(Cl)cccc3Cl)CC2)CC1. The highest BCUT2D eigenvalue weighted by Crippen LogP contribution is 2.30. The Hall–Kier alpha value is -1.95. The molecule has 2 aliphatic rings. The van der Waals surface area contributed by atoms with Crippen molar-refractivity contribution in [3.63, 3.8) is 0 Å². The van der Waals surface area contributed by atoms with Gasteiger partial charge in [0.05, 0.1) is 12.8 Å². The van der Waals surface area contributed by atoms with Gasteiger partial charge in [-0.2, -0.15) is 0 Å². The summed E-state index contributed by atoms with van der Waals surface area (Å²) >= 11 is 12.6. The highest BCUT2D eigenvalue weighted by atomic mass is 35.5. The summed E-state index contributed by atoms with van der Waals surface area (Å²) in [6.07, 6.45) is 1.77. The number of benzene rings is 2. The Morgan fingerprint density at radius 3 is 2.23 bits per heavy atom. The van der Waals surface area contributed by atoms with Gasteiger partial charge in [-0.3, -0.25) is 9.69 Å². The topological polar surface area (TPSA) is 36.0 Å². The van der Waals surface area contributed by atoms with Gasteiger partial charge in [-0.15, -0.1) is 0 Å². The van der Waals surface area contributed by atoms with Crippen LogP contribution in [0.15, 0.2) is 42.5 Å². The summed E-state index contributed by atoms with van der Waals surface area (Å²) in [5.41, 5.74) is 2.08. The number of piperidine rings is 1. The third kappa shape index (κ3) is 5.11. The maximum absolute atomic E-state index is 13.1. The number of para-hydroxylation sites is 2. The molecule has 2 aromatic rings. The Morgan fingerprint density at radius 2 is 1.58 bits per heavy atom. The molecule has 4 rings (SSSR count). The van der Waals surface area contributed by atoms with E-state index >= 15 is 0 Å². The highest BCUT2D eigenvalue weighted by Gasteiger charge is 2.31. The van der Waals surface area contributed by atoms with Crippen LogP contribution in [0.2, 0.25) is 10.0 Å². The van der Waals surface area contributed by atoms with Crippen molar-refractivity contribution in [3.8, 4) is 5.75 Å². The molecule has 31 heavy (non-hydrogen) atoms. The molecule has 2 fully saturated rings. The summed E-state index contributed by atoms with van der Waals surface area (Å²) in [7, 11) is 1.70. The molecule has 2 saturated heterocycles. The number of hydrogen-bond donors (Lipinski definition) is 0. The van der Waals surface area contributed by atoms with Crippen LogP contribution in [0.1, 0.15) is 18.4 Å². The van der Waals surface area contributed by atoms with Crippen LogP contribution < -0.4 is 9.64 Å². The zero-order chi connectivity index (χ0) is 21.8. The molecular formula is C24H29Cl2N3O2. The van der Waals surface area contributed by atoms with E-state index in [1.54, 1.807) is 7.11 Å². The van der Waals surface area contributed by atoms with Crippen LogP contribution in [0.5, 0.6) is 5.75 Å². The smallest absolute Gasteiger partial charge is 0.225 e. The summed E-state index contributed by atoms with van der Waals surface area (Å²) in [5.74, 6) is 1.29. The summed E-state index contributed by atoms with van der Waals surface area (Å²) in [6, 6.07) is 13.7. The molecule has 2 aromatic carbocycles. The predicted molar refractivity (Wildman–Crippen MR) is 126 cm³/mol. The number of rotatable bonds is 5. The van der Waals surface area contributed by atoms with Crippen molar-refractivity contribution in [2.75, 3.05) is 51.3 Å². The van der Waals surface area contributed by atoms with Crippen LogP contribution in [-0.4, -0.2) is 62.1 Å². The fraction of sp³-hybridized carbons (Fsp3) is 0.458. The fourth-order valence-corrected chi connectivity index (χ4v) is 5.08. The van der Waals surface area contributed by atoms with Crippen LogP contribution in [-0.2, 0) is 11.3 Å². The number of carbonyl (C=O) groups is 1. The van der Waals surface area contributed by atoms with Crippen molar-refractivity contribution < 1.29 is 9.53 Å². The van der Waals surface area contributed by atoms with Crippen molar-refractivity contribution in [1.29, 1.82) is 0 Å². The molecule has 5 nitrogen and oxygen atoms in total. The van der Waals surface area contributed by atoms with Gasteiger partial charge in [0.15, 0.2) is 0 Å². The van der Waals surface area contributed by atoms with E-state index in [-0.39, 0.29) is 5.92 Å². The van der Waals surface area contributed by atoms with Crippen molar-refractivity contribution >= 4 is 34.8 Å². The number of likely N-dealkylation sites (tertiary alicyclic amines) is 1. The van der Waals surface area contributed by atoms with Crippen LogP contribution in [0, 0.1) is 5.92 Å². The molecular weight excluding hydrogens is 433 g/mol. The maximum Gasteiger partial charge on any atom is 0.225 e. The van der Waals surface area contributed by atoms with Crippen LogP contribution in [0.4, 0.5) is 5.69 Å². The number of anilines is 1. The van der Waals surface area contributed by atoms with E-state index in [1.165, 1.54) is 0 Å². The molecule has 1 amide bonds. The molecule has 0 bridgehead atoms. The monoisotopic (exact) mass is 461 g/mol. The lowest BCUT2D eigenvalue weighted by atomic mass is 9.94. The number of amides is 1. The first-order valence-corrected chi connectivity index (χ1v) is 11.6. The Labute approximate surface area is 194 Å². The maximum atomic E-state index is 13.1. The van der Waals surface area contributed by atoms with Crippen molar-refractivity contribution in [3.05, 3.63) is 58.1 Å². The van der Waals surface area contributed by atoms with E-state index in [0.29, 0.717) is 16.0 Å². The minimum atomic E-state index is 0.107. The molecule has 0 atom stereocenters. The van der Waals surface area contributed by atoms with Gasteiger partial charge in [-0.25, -0.2) is 0 Å². The number of halogens is 2. The predicted octanol–water partition coefficient (Wildman–Crippen LogP) is 4.56. The van der Waals surface area contributed by atoms with Gasteiger partial charge >= 0.3 is 0 Å². The number of nitrogens with zero attached hydrogens (tertiary/aromatic N) is 3. The Kier molecular flexibility index (Phi) is 7.26. The first kappa shape index (κ1) is 22.3. The third-order valence-electron chi connectivity index (χ3n) is 6.40. The number of hydrogen-bond acceptors (Lipinski definition) is 4. The average Bonchev–Trinajstić information content (AvgIpc) is 2.81. The van der Waals surface area contributed by atoms with Crippen LogP contribution >= 0.6 is 23.2 Å². The highest BCUT2D eigenvalue weighted by molar-refractivity contribution is 6.35. The molecule has 7 heteroatoms. The number of ether oxygens (including phenoxy) is 1. The molecule has 2 heterocycles. The van der Waals surface area contributed by atoms with E-state index in [0.717, 1.165) is 75.7 Å². The molecule has 0 radical (unpaired) electrons. The second kappa shape index (κ2) is 10.1. The molecule has 166 valence electrons. The Bertz CT molecular complexity index is 887. The zero-order valence-corrected chi connectivity index (χ0v) is 19.4. The minimum absolute atomic E-state index is 0.107. The van der Waals surface area contributed by atoms with E-state index in [4.69, 9.17) is 27.9 Å². The van der Waals surface area contributed by atoms with Gasteiger partial charge in [0, 0.05) is 54.3 Å². The van der Waals surface area contributed by atoms with Crippen LogP contribution in [0.25, 0.3) is 0 Å². The quantitative estimate of drug-likeness (QED) is 0.653. The average molecular weight is 462 g/mol. The number of methoxy groups -OCH3 is 1. The summed E-state index contributed by atoms with van der Waals surface area (Å²) < 4.78 is 5.49. The third-order valence-corrected chi connectivity index (χ3v) is 7.11. The van der Waals surface area contributed by atoms with Gasteiger partial charge in [-0.05, 0) is 50.2 Å². The van der Waals surface area contributed by atoms with Crippen molar-refractivity contribution in [2.24, 2.45) is 5.92 Å². The molecule has 0 aliphatic carbocycles. The number of carbonyl (C=O) groups excluding carboxylic acids is 1. The Morgan fingerprint density at radius 1 is 0.935 bits per heavy atom. The van der Waals surface area contributed by atoms with Crippen LogP contribution in [0.3, 0.4) is 0 Å². The van der Waals surface area contributed by atoms with Gasteiger partial charge in [0.2, 0.25) is 5.91 Å². The lowest BCUT2D eigenvalue weighted by Crippen LogP contribution is -2.51. The lowest BCUT2D eigenvalue weighted by molar-refractivity contribution is -0.137. The van der Waals surface area contributed by atoms with Gasteiger partial charge in [0.25, 0.3) is 0 Å². The molecule has 0 N–H and O–H groups in total. The second-order valence-electron chi connectivity index (χ2n) is 8.23. The first-order chi connectivity index (χ1) is 15.1. The standard InChI is InChI=1S/C24H29Cl2N3O2/c1-31-23-8-3-2-7-22(23)28-13-15-29(16-14-28)24(30)18-9-11-27(12-10-18)17-19-20(25)5-4-6-21(19)26/h2-8,18H,9-17H2,1H3. The number of piperazine rings is 1. The summed E-state index contributed by atoms with van der Waals surface area (Å²) in [6.45, 7) is 5.68. The summed E-state index contributed by atoms with van der Waals surface area (Å²) in [5, 5.41) is 1.41. The van der Waals surface area contributed by atoms with E-state index in [2.05, 4.69) is 15.9 Å². The van der Waals surface area contributed by atoms with Crippen molar-refractivity contribution in [1.82, 2.24) is 9.80 Å². The van der Waals surface area contributed by atoms with Gasteiger partial charge in [0.1, 0.15) is 5.75 Å². The second-order valence-corrected chi connectivity index (χ2v) is 9.05. The molecule has 0 spiro atoms. The van der Waals surface area contributed by atoms with E-state index < -0.39 is 0 Å². The molecule has 0 unspecified atom stereocenters. The van der Waals surface area contributed by atoms with E-state index in [1.807, 2.05) is 41.3 Å². The minimum Gasteiger partial charge on any atom is -0.495 e. The lowest BCUT2D eigenvalue weighted by Gasteiger charge is -2.39. The summed E-state index contributed by atoms with van der Waals surface area (Å²) in [4.78, 5) is 19.8. The van der Waals surface area contributed by atoms with Gasteiger partial charge in [-0.1, -0.05) is 41.4 Å². The normalized spacial score (nSPS) is 18.3. The molecule has 0 aromatic heterocycles. The van der Waals surface area contributed by atoms with E-state index in [9.17, 15) is 4.79 Å². The fourth-order valence-electron chi connectivity index (χ4n) is 4.56. The molecule has 0 saturated carbocycles.